The van der Waals surface area contributed by atoms with Crippen molar-refractivity contribution in [3.8, 4) is 0 Å². The molecule has 5 heteroatoms. The molecule has 0 radical (unpaired) electrons. The van der Waals surface area contributed by atoms with Crippen molar-refractivity contribution in [2.24, 2.45) is 0 Å². The molecule has 4 rings (SSSR count). The van der Waals surface area contributed by atoms with Crippen LogP contribution in [0.4, 0.5) is 0 Å². The van der Waals surface area contributed by atoms with Gasteiger partial charge in [-0.05, 0) is 61.4 Å². The molecule has 4 nitrogen and oxygen atoms in total. The van der Waals surface area contributed by atoms with Gasteiger partial charge in [-0.3, -0.25) is 14.3 Å². The lowest BCUT2D eigenvalue weighted by Crippen LogP contribution is -2.31. The molecule has 0 spiro atoms. The van der Waals surface area contributed by atoms with Gasteiger partial charge in [-0.1, -0.05) is 52.0 Å². The van der Waals surface area contributed by atoms with Crippen LogP contribution in [0.15, 0.2) is 29.1 Å². The van der Waals surface area contributed by atoms with E-state index in [1.54, 1.807) is 11.3 Å². The topological polar surface area (TPSA) is 38.1 Å². The van der Waals surface area contributed by atoms with Gasteiger partial charge in [0.15, 0.2) is 0 Å². The molecule has 3 aromatic rings. The van der Waals surface area contributed by atoms with E-state index in [4.69, 9.17) is 4.98 Å². The number of hydrogen-bond donors (Lipinski definition) is 0. The summed E-state index contributed by atoms with van der Waals surface area (Å²) in [6.45, 7) is 11.9. The van der Waals surface area contributed by atoms with E-state index in [9.17, 15) is 4.79 Å². The van der Waals surface area contributed by atoms with Crippen molar-refractivity contribution in [1.29, 1.82) is 0 Å². The molecule has 0 saturated carbocycles. The Balaban J connectivity index is 1.81. The zero-order chi connectivity index (χ0) is 21.3. The third kappa shape index (κ3) is 4.10. The van der Waals surface area contributed by atoms with E-state index in [0.717, 1.165) is 47.5 Å². The lowest BCUT2D eigenvalue weighted by Gasteiger charge is -2.21. The first kappa shape index (κ1) is 21.3. The Morgan fingerprint density at radius 2 is 1.80 bits per heavy atom. The summed E-state index contributed by atoms with van der Waals surface area (Å²) in [5, 5.41) is 0.886. The molecule has 1 aliphatic rings. The normalized spacial score (nSPS) is 14.1. The minimum atomic E-state index is 0.148. The van der Waals surface area contributed by atoms with Crippen LogP contribution in [-0.2, 0) is 25.9 Å². The summed E-state index contributed by atoms with van der Waals surface area (Å²) >= 11 is 1.75. The molecule has 0 amide bonds. The largest absolute Gasteiger partial charge is 0.297 e. The number of rotatable bonds is 7. The molecular weight excluding hydrogens is 390 g/mol. The van der Waals surface area contributed by atoms with Crippen molar-refractivity contribution in [2.75, 3.05) is 13.1 Å². The molecule has 0 saturated heterocycles. The van der Waals surface area contributed by atoms with E-state index in [-0.39, 0.29) is 5.56 Å². The number of aromatic nitrogens is 2. The lowest BCUT2D eigenvalue weighted by atomic mass is 9.97. The molecule has 2 heterocycles. The number of fused-ring (bicyclic) bond motifs is 3. The summed E-state index contributed by atoms with van der Waals surface area (Å²) in [7, 11) is 0. The third-order valence-corrected chi connectivity index (χ3v) is 7.59. The summed E-state index contributed by atoms with van der Waals surface area (Å²) in [4.78, 5) is 23.5. The van der Waals surface area contributed by atoms with Crippen molar-refractivity contribution >= 4 is 21.6 Å². The number of aryl methyl sites for hydroxylation is 2. The summed E-state index contributed by atoms with van der Waals surface area (Å²) in [5.74, 6) is 1.40. The summed E-state index contributed by atoms with van der Waals surface area (Å²) in [5.41, 5.74) is 3.91. The van der Waals surface area contributed by atoms with Gasteiger partial charge in [-0.15, -0.1) is 11.3 Å². The molecule has 0 fully saturated rings. The predicted molar refractivity (Wildman–Crippen MR) is 127 cm³/mol. The summed E-state index contributed by atoms with van der Waals surface area (Å²) < 4.78 is 1.94. The van der Waals surface area contributed by atoms with E-state index < -0.39 is 0 Å². The zero-order valence-electron chi connectivity index (χ0n) is 18.7. The Morgan fingerprint density at radius 3 is 2.47 bits per heavy atom. The molecule has 0 bridgehead atoms. The highest BCUT2D eigenvalue weighted by Crippen LogP contribution is 2.34. The zero-order valence-corrected chi connectivity index (χ0v) is 19.5. The highest BCUT2D eigenvalue weighted by Gasteiger charge is 2.22. The van der Waals surface area contributed by atoms with Crippen LogP contribution in [-0.4, -0.2) is 27.5 Å². The SMILES string of the molecule is CCN(CC)Cc1nc2sc3c(c2c(=O)n1Cc1ccc(C(C)C)cc1)CCCC3. The van der Waals surface area contributed by atoms with Gasteiger partial charge in [0.1, 0.15) is 10.7 Å². The molecule has 0 atom stereocenters. The fraction of sp³-hybridized carbons (Fsp3) is 0.520. The maximum absolute atomic E-state index is 13.7. The number of hydrogen-bond acceptors (Lipinski definition) is 4. The molecule has 160 valence electrons. The van der Waals surface area contributed by atoms with Gasteiger partial charge >= 0.3 is 0 Å². The highest BCUT2D eigenvalue weighted by molar-refractivity contribution is 7.18. The van der Waals surface area contributed by atoms with Crippen LogP contribution in [0.3, 0.4) is 0 Å². The second-order valence-corrected chi connectivity index (χ2v) is 9.75. The average molecular weight is 424 g/mol. The second kappa shape index (κ2) is 9.03. The van der Waals surface area contributed by atoms with E-state index in [2.05, 4.69) is 56.9 Å². The molecule has 0 unspecified atom stereocenters. The van der Waals surface area contributed by atoms with Gasteiger partial charge < -0.3 is 0 Å². The fourth-order valence-corrected chi connectivity index (χ4v) is 5.67. The first-order valence-corrected chi connectivity index (χ1v) is 12.2. The minimum absolute atomic E-state index is 0.148. The minimum Gasteiger partial charge on any atom is -0.297 e. The summed E-state index contributed by atoms with van der Waals surface area (Å²) in [6.07, 6.45) is 4.52. The fourth-order valence-electron chi connectivity index (χ4n) is 4.40. The first-order chi connectivity index (χ1) is 14.5. The number of nitrogens with zero attached hydrogens (tertiary/aromatic N) is 3. The van der Waals surface area contributed by atoms with Crippen LogP contribution in [0.25, 0.3) is 10.2 Å². The Morgan fingerprint density at radius 1 is 1.10 bits per heavy atom. The van der Waals surface area contributed by atoms with Crippen molar-refractivity contribution in [3.05, 3.63) is 62.0 Å². The van der Waals surface area contributed by atoms with Crippen LogP contribution in [0.2, 0.25) is 0 Å². The Bertz CT molecular complexity index is 1070. The van der Waals surface area contributed by atoms with E-state index in [1.807, 2.05) is 4.57 Å². The maximum atomic E-state index is 13.7. The monoisotopic (exact) mass is 423 g/mol. The molecule has 0 N–H and O–H groups in total. The van der Waals surface area contributed by atoms with E-state index >= 15 is 0 Å². The third-order valence-electron chi connectivity index (χ3n) is 6.40. The van der Waals surface area contributed by atoms with Crippen molar-refractivity contribution in [3.63, 3.8) is 0 Å². The van der Waals surface area contributed by atoms with Gasteiger partial charge in [0.2, 0.25) is 0 Å². The van der Waals surface area contributed by atoms with Crippen molar-refractivity contribution in [2.45, 2.75) is 72.4 Å². The number of benzene rings is 1. The summed E-state index contributed by atoms with van der Waals surface area (Å²) in [6, 6.07) is 8.70. The van der Waals surface area contributed by atoms with E-state index in [0.29, 0.717) is 19.0 Å². The molecule has 0 aliphatic heterocycles. The Hall–Kier alpha value is -1.98. The Kier molecular flexibility index (Phi) is 6.40. The standard InChI is InChI=1S/C25H33N3OS/c1-5-27(6-2)16-22-26-24-23(20-9-7-8-10-21(20)30-24)25(29)28(22)15-18-11-13-19(14-12-18)17(3)4/h11-14,17H,5-10,15-16H2,1-4H3. The molecular formula is C25H33N3OS. The quantitative estimate of drug-likeness (QED) is 0.514. The van der Waals surface area contributed by atoms with Crippen molar-refractivity contribution < 1.29 is 0 Å². The van der Waals surface area contributed by atoms with Crippen LogP contribution in [0.5, 0.6) is 0 Å². The van der Waals surface area contributed by atoms with Gasteiger partial charge in [0, 0.05) is 4.88 Å². The second-order valence-electron chi connectivity index (χ2n) is 8.67. The lowest BCUT2D eigenvalue weighted by molar-refractivity contribution is 0.282. The van der Waals surface area contributed by atoms with Crippen LogP contribution in [0.1, 0.15) is 73.8 Å². The smallest absolute Gasteiger partial charge is 0.262 e. The van der Waals surface area contributed by atoms with Crippen LogP contribution in [0, 0.1) is 0 Å². The average Bonchev–Trinajstić information content (AvgIpc) is 3.13. The van der Waals surface area contributed by atoms with Crippen LogP contribution < -0.4 is 5.56 Å². The van der Waals surface area contributed by atoms with Gasteiger partial charge in [0.05, 0.1) is 18.5 Å². The highest BCUT2D eigenvalue weighted by atomic mass is 32.1. The van der Waals surface area contributed by atoms with Gasteiger partial charge in [-0.2, -0.15) is 0 Å². The maximum Gasteiger partial charge on any atom is 0.262 e. The van der Waals surface area contributed by atoms with Crippen LogP contribution >= 0.6 is 11.3 Å². The molecule has 1 aliphatic carbocycles. The molecule has 30 heavy (non-hydrogen) atoms. The molecule has 1 aromatic carbocycles. The molecule has 2 aromatic heterocycles. The van der Waals surface area contributed by atoms with Crippen molar-refractivity contribution in [1.82, 2.24) is 14.5 Å². The number of thiophene rings is 1. The van der Waals surface area contributed by atoms with Gasteiger partial charge in [-0.25, -0.2) is 4.98 Å². The Labute approximate surface area is 183 Å². The van der Waals surface area contributed by atoms with Gasteiger partial charge in [0.25, 0.3) is 5.56 Å². The first-order valence-electron chi connectivity index (χ1n) is 11.4. The van der Waals surface area contributed by atoms with E-state index in [1.165, 1.54) is 28.8 Å². The predicted octanol–water partition coefficient (Wildman–Crippen LogP) is 5.35.